The number of hydrogen-bond acceptors (Lipinski definition) is 2. The second-order valence-corrected chi connectivity index (χ2v) is 14.8. The summed E-state index contributed by atoms with van der Waals surface area (Å²) in [6.07, 6.45) is 0. The first kappa shape index (κ1) is 28.1. The molecule has 0 radical (unpaired) electrons. The molecule has 0 amide bonds. The Hall–Kier alpha value is -6.62. The molecule has 8 aromatic carbocycles. The number of nitrogens with zero attached hydrogens (tertiary/aromatic N) is 2. The van der Waals surface area contributed by atoms with Gasteiger partial charge in [-0.05, 0) is 83.9 Å². The SMILES string of the molecule is c1ccc(-n2c3ccc(-c4ccc5c(c4)c4c6sc7ccccc7c6ccc4n5-c4ccccc4)cc3c3cc4c(cc32)oc2ccccc24)cc1. The van der Waals surface area contributed by atoms with Gasteiger partial charge in [0.15, 0.2) is 0 Å². The molecule has 0 saturated heterocycles. The zero-order chi connectivity index (χ0) is 33.9. The van der Waals surface area contributed by atoms with Crippen LogP contribution in [0.2, 0.25) is 0 Å². The molecule has 12 rings (SSSR count). The number of fused-ring (bicyclic) bond motifs is 13. The van der Waals surface area contributed by atoms with E-state index >= 15 is 0 Å². The van der Waals surface area contributed by atoms with E-state index in [0.717, 1.165) is 33.1 Å². The van der Waals surface area contributed by atoms with Crippen LogP contribution in [0.3, 0.4) is 0 Å². The summed E-state index contributed by atoms with van der Waals surface area (Å²) in [5, 5.41) is 9.95. The van der Waals surface area contributed by atoms with Gasteiger partial charge in [0, 0.05) is 69.9 Å². The molecule has 0 fully saturated rings. The topological polar surface area (TPSA) is 23.0 Å². The molecule has 0 spiro atoms. The molecule has 0 saturated carbocycles. The van der Waals surface area contributed by atoms with Crippen molar-refractivity contribution in [3.63, 3.8) is 0 Å². The Morgan fingerprint density at radius 2 is 0.962 bits per heavy atom. The van der Waals surface area contributed by atoms with E-state index in [2.05, 4.69) is 173 Å². The first-order valence-corrected chi connectivity index (χ1v) is 18.5. The molecule has 4 aromatic heterocycles. The van der Waals surface area contributed by atoms with Crippen molar-refractivity contribution in [3.05, 3.63) is 170 Å². The minimum absolute atomic E-state index is 0.904. The van der Waals surface area contributed by atoms with Crippen LogP contribution in [0.25, 0.3) is 108 Å². The summed E-state index contributed by atoms with van der Waals surface area (Å²) in [6, 6.07) is 61.7. The molecular formula is C48H28N2OS. The predicted molar refractivity (Wildman–Crippen MR) is 221 cm³/mol. The lowest BCUT2D eigenvalue weighted by Gasteiger charge is -2.09. The van der Waals surface area contributed by atoms with E-state index in [4.69, 9.17) is 4.42 Å². The molecule has 0 N–H and O–H groups in total. The molecular weight excluding hydrogens is 653 g/mol. The Bertz CT molecular complexity index is 3400. The third-order valence-corrected chi connectivity index (χ3v) is 12.1. The second kappa shape index (κ2) is 10.5. The van der Waals surface area contributed by atoms with Gasteiger partial charge in [-0.2, -0.15) is 0 Å². The molecule has 0 unspecified atom stereocenters. The molecule has 242 valence electrons. The lowest BCUT2D eigenvalue weighted by atomic mass is 10.00. The number of thiophene rings is 1. The van der Waals surface area contributed by atoms with Crippen LogP contribution >= 0.6 is 11.3 Å². The lowest BCUT2D eigenvalue weighted by Crippen LogP contribution is -1.93. The quantitative estimate of drug-likeness (QED) is 0.182. The van der Waals surface area contributed by atoms with Crippen molar-refractivity contribution in [3.8, 4) is 22.5 Å². The van der Waals surface area contributed by atoms with E-state index in [9.17, 15) is 0 Å². The van der Waals surface area contributed by atoms with Gasteiger partial charge in [0.05, 0.1) is 22.1 Å². The normalized spacial score (nSPS) is 12.2. The Morgan fingerprint density at radius 3 is 1.73 bits per heavy atom. The number of benzene rings is 8. The summed E-state index contributed by atoms with van der Waals surface area (Å²) in [7, 11) is 0. The van der Waals surface area contributed by atoms with Crippen molar-refractivity contribution < 1.29 is 4.42 Å². The van der Waals surface area contributed by atoms with Crippen molar-refractivity contribution in [2.45, 2.75) is 0 Å². The fourth-order valence-corrected chi connectivity index (χ4v) is 9.85. The highest BCUT2D eigenvalue weighted by Crippen LogP contribution is 2.45. The third kappa shape index (κ3) is 3.84. The summed E-state index contributed by atoms with van der Waals surface area (Å²) in [6.45, 7) is 0. The van der Waals surface area contributed by atoms with E-state index in [1.807, 2.05) is 17.4 Å². The molecule has 0 atom stereocenters. The van der Waals surface area contributed by atoms with E-state index in [1.54, 1.807) is 0 Å². The highest BCUT2D eigenvalue weighted by molar-refractivity contribution is 7.26. The Balaban J connectivity index is 1.15. The molecule has 52 heavy (non-hydrogen) atoms. The average Bonchev–Trinajstić information content (AvgIpc) is 3.94. The van der Waals surface area contributed by atoms with Crippen LogP contribution in [0.4, 0.5) is 0 Å². The van der Waals surface area contributed by atoms with Crippen LogP contribution in [0, 0.1) is 0 Å². The summed E-state index contributed by atoms with van der Waals surface area (Å²) in [4.78, 5) is 0. The van der Waals surface area contributed by atoms with Gasteiger partial charge in [0.1, 0.15) is 11.2 Å². The molecule has 4 heterocycles. The summed E-state index contributed by atoms with van der Waals surface area (Å²) < 4.78 is 13.8. The summed E-state index contributed by atoms with van der Waals surface area (Å²) >= 11 is 1.90. The van der Waals surface area contributed by atoms with Gasteiger partial charge < -0.3 is 13.6 Å². The van der Waals surface area contributed by atoms with Gasteiger partial charge in [-0.3, -0.25) is 0 Å². The van der Waals surface area contributed by atoms with Crippen LogP contribution in [-0.2, 0) is 0 Å². The van der Waals surface area contributed by atoms with Crippen LogP contribution in [-0.4, -0.2) is 9.13 Å². The number of furan rings is 1. The van der Waals surface area contributed by atoms with E-state index < -0.39 is 0 Å². The van der Waals surface area contributed by atoms with Gasteiger partial charge >= 0.3 is 0 Å². The third-order valence-electron chi connectivity index (χ3n) is 10.9. The van der Waals surface area contributed by atoms with Gasteiger partial charge in [-0.25, -0.2) is 0 Å². The van der Waals surface area contributed by atoms with Crippen LogP contribution in [0.15, 0.2) is 174 Å². The maximum atomic E-state index is 6.39. The molecule has 0 aliphatic rings. The highest BCUT2D eigenvalue weighted by atomic mass is 32.1. The van der Waals surface area contributed by atoms with Crippen molar-refractivity contribution in [1.82, 2.24) is 9.13 Å². The van der Waals surface area contributed by atoms with Gasteiger partial charge in [-0.15, -0.1) is 11.3 Å². The van der Waals surface area contributed by atoms with Crippen LogP contribution in [0.1, 0.15) is 0 Å². The van der Waals surface area contributed by atoms with Crippen molar-refractivity contribution >= 4 is 97.1 Å². The van der Waals surface area contributed by atoms with Crippen molar-refractivity contribution in [2.24, 2.45) is 0 Å². The van der Waals surface area contributed by atoms with Gasteiger partial charge in [0.25, 0.3) is 0 Å². The van der Waals surface area contributed by atoms with E-state index in [1.165, 1.54) is 75.1 Å². The lowest BCUT2D eigenvalue weighted by molar-refractivity contribution is 0.669. The maximum absolute atomic E-state index is 6.39. The molecule has 12 aromatic rings. The fraction of sp³-hybridized carbons (Fsp3) is 0. The first-order valence-electron chi connectivity index (χ1n) is 17.7. The van der Waals surface area contributed by atoms with Crippen LogP contribution < -0.4 is 0 Å². The summed E-state index contributed by atoms with van der Waals surface area (Å²) in [5.74, 6) is 0. The number of aromatic nitrogens is 2. The minimum atomic E-state index is 0.904. The number of hydrogen-bond donors (Lipinski definition) is 0. The maximum Gasteiger partial charge on any atom is 0.137 e. The van der Waals surface area contributed by atoms with Gasteiger partial charge in [-0.1, -0.05) is 91.0 Å². The molecule has 0 aliphatic heterocycles. The van der Waals surface area contributed by atoms with Crippen LogP contribution in [0.5, 0.6) is 0 Å². The molecule has 3 nitrogen and oxygen atoms in total. The Labute approximate surface area is 301 Å². The average molecular weight is 681 g/mol. The predicted octanol–water partition coefficient (Wildman–Crippen LogP) is 13.8. The zero-order valence-electron chi connectivity index (χ0n) is 27.9. The first-order chi connectivity index (χ1) is 25.8. The minimum Gasteiger partial charge on any atom is -0.456 e. The number of rotatable bonds is 3. The van der Waals surface area contributed by atoms with E-state index in [0.29, 0.717) is 0 Å². The monoisotopic (exact) mass is 680 g/mol. The number of para-hydroxylation sites is 3. The van der Waals surface area contributed by atoms with E-state index in [-0.39, 0.29) is 0 Å². The zero-order valence-corrected chi connectivity index (χ0v) is 28.7. The smallest absolute Gasteiger partial charge is 0.137 e. The molecule has 0 bridgehead atoms. The fourth-order valence-electron chi connectivity index (χ4n) is 8.59. The van der Waals surface area contributed by atoms with Crippen molar-refractivity contribution in [1.29, 1.82) is 0 Å². The van der Waals surface area contributed by atoms with Crippen molar-refractivity contribution in [2.75, 3.05) is 0 Å². The molecule has 0 aliphatic carbocycles. The largest absolute Gasteiger partial charge is 0.456 e. The standard InChI is InChI=1S/C48H28N2OS/c1-3-11-31(12-4-1)49-41-23-20-30(26-39(41)47-42(49)24-21-35-34-16-8-10-18-46(34)52-48(35)47)29-19-22-40-36(25-29)37-27-38-33-15-7-9-17-44(33)51-45(38)28-43(37)50(40)32-13-5-2-6-14-32/h1-28H. The second-order valence-electron chi connectivity index (χ2n) is 13.7. The highest BCUT2D eigenvalue weighted by Gasteiger charge is 2.20. The van der Waals surface area contributed by atoms with Gasteiger partial charge in [0.2, 0.25) is 0 Å². The Morgan fingerprint density at radius 1 is 0.365 bits per heavy atom. The summed E-state index contributed by atoms with van der Waals surface area (Å²) in [5.41, 5.74) is 11.3. The molecule has 4 heteroatoms. The Kier molecular flexibility index (Phi) is 5.65.